The number of rotatable bonds is 5. The second-order valence-corrected chi connectivity index (χ2v) is 8.01. The first-order valence-corrected chi connectivity index (χ1v) is 10.4. The van der Waals surface area contributed by atoms with E-state index < -0.39 is 11.8 Å². The summed E-state index contributed by atoms with van der Waals surface area (Å²) < 4.78 is 5.47. The van der Waals surface area contributed by atoms with Crippen molar-refractivity contribution in [2.45, 2.75) is 24.9 Å². The van der Waals surface area contributed by atoms with Gasteiger partial charge in [0.15, 0.2) is 0 Å². The quantitative estimate of drug-likeness (QED) is 0.750. The molecule has 2 heterocycles. The van der Waals surface area contributed by atoms with Gasteiger partial charge in [0, 0.05) is 31.7 Å². The molecule has 142 valence electrons. The van der Waals surface area contributed by atoms with Gasteiger partial charge in [-0.3, -0.25) is 14.5 Å². The summed E-state index contributed by atoms with van der Waals surface area (Å²) in [7, 11) is 0. The monoisotopic (exact) mass is 377 g/mol. The number of benzene rings is 1. The molecule has 2 aliphatic heterocycles. The Hall–Kier alpha value is -1.57. The minimum absolute atomic E-state index is 0.0512. The fourth-order valence-electron chi connectivity index (χ4n) is 3.58. The topological polar surface area (TPSA) is 70.7 Å². The van der Waals surface area contributed by atoms with Crippen LogP contribution in [0.5, 0.6) is 0 Å². The summed E-state index contributed by atoms with van der Waals surface area (Å²) in [5.74, 6) is 1.06. The van der Waals surface area contributed by atoms with E-state index in [1.165, 1.54) is 0 Å². The van der Waals surface area contributed by atoms with E-state index in [1.807, 2.05) is 42.1 Å². The Morgan fingerprint density at radius 1 is 1.04 bits per heavy atom. The molecule has 6 nitrogen and oxygen atoms in total. The Bertz CT molecular complexity index is 599. The summed E-state index contributed by atoms with van der Waals surface area (Å²) in [6.07, 6.45) is 2.06. The fraction of sp³-hybridized carbons (Fsp3) is 0.579. The number of morpholine rings is 1. The normalized spacial score (nSPS) is 20.3. The molecular formula is C19H27N3O3S. The summed E-state index contributed by atoms with van der Waals surface area (Å²) in [4.78, 5) is 26.8. The molecule has 0 saturated carbocycles. The zero-order valence-corrected chi connectivity index (χ0v) is 15.9. The van der Waals surface area contributed by atoms with Gasteiger partial charge in [0.25, 0.3) is 0 Å². The molecule has 0 bridgehead atoms. The van der Waals surface area contributed by atoms with Gasteiger partial charge in [-0.05, 0) is 29.9 Å². The van der Waals surface area contributed by atoms with E-state index in [9.17, 15) is 9.59 Å². The van der Waals surface area contributed by atoms with Gasteiger partial charge in [0.2, 0.25) is 0 Å². The molecule has 0 radical (unpaired) electrons. The molecule has 26 heavy (non-hydrogen) atoms. The summed E-state index contributed by atoms with van der Waals surface area (Å²) >= 11 is 1.96. The molecule has 1 aromatic carbocycles. The van der Waals surface area contributed by atoms with E-state index in [4.69, 9.17) is 4.74 Å². The number of carbonyl (C=O) groups is 2. The number of nitrogens with one attached hydrogen (secondary N) is 2. The molecule has 0 aliphatic carbocycles. The molecule has 2 saturated heterocycles. The van der Waals surface area contributed by atoms with Crippen LogP contribution < -0.4 is 10.6 Å². The maximum absolute atomic E-state index is 12.3. The highest BCUT2D eigenvalue weighted by atomic mass is 32.2. The largest absolute Gasteiger partial charge is 0.379 e. The second-order valence-electron chi connectivity index (χ2n) is 6.79. The molecule has 2 aliphatic rings. The molecule has 2 fully saturated rings. The number of amides is 2. The zero-order chi connectivity index (χ0) is 18.2. The predicted octanol–water partition coefficient (Wildman–Crippen LogP) is 1.02. The van der Waals surface area contributed by atoms with E-state index in [1.54, 1.807) is 0 Å². The van der Waals surface area contributed by atoms with Crippen LogP contribution in [0.1, 0.15) is 18.4 Å². The number of ether oxygens (including phenoxy) is 1. The molecular weight excluding hydrogens is 350 g/mol. The lowest BCUT2D eigenvalue weighted by Crippen LogP contribution is -2.61. The third-order valence-electron chi connectivity index (χ3n) is 5.19. The molecule has 1 aromatic rings. The van der Waals surface area contributed by atoms with Gasteiger partial charge in [-0.2, -0.15) is 11.8 Å². The van der Waals surface area contributed by atoms with E-state index in [-0.39, 0.29) is 5.54 Å². The van der Waals surface area contributed by atoms with Crippen molar-refractivity contribution < 1.29 is 14.3 Å². The molecule has 0 unspecified atom stereocenters. The van der Waals surface area contributed by atoms with Gasteiger partial charge >= 0.3 is 11.8 Å². The van der Waals surface area contributed by atoms with Crippen LogP contribution >= 0.6 is 11.8 Å². The molecule has 0 atom stereocenters. The second kappa shape index (κ2) is 9.39. The Morgan fingerprint density at radius 3 is 2.38 bits per heavy atom. The van der Waals surface area contributed by atoms with Gasteiger partial charge in [-0.15, -0.1) is 0 Å². The maximum Gasteiger partial charge on any atom is 0.309 e. The number of thioether (sulfide) groups is 1. The lowest BCUT2D eigenvalue weighted by molar-refractivity contribution is -0.139. The van der Waals surface area contributed by atoms with Crippen molar-refractivity contribution in [2.75, 3.05) is 44.4 Å². The summed E-state index contributed by atoms with van der Waals surface area (Å²) in [6, 6.07) is 9.59. The van der Waals surface area contributed by atoms with Gasteiger partial charge in [0.05, 0.1) is 13.2 Å². The Morgan fingerprint density at radius 2 is 1.69 bits per heavy atom. The van der Waals surface area contributed by atoms with Gasteiger partial charge < -0.3 is 15.4 Å². The van der Waals surface area contributed by atoms with Crippen molar-refractivity contribution in [2.24, 2.45) is 0 Å². The van der Waals surface area contributed by atoms with E-state index in [0.29, 0.717) is 13.1 Å². The highest BCUT2D eigenvalue weighted by Crippen LogP contribution is 2.32. The lowest BCUT2D eigenvalue weighted by Gasteiger charge is -2.47. The van der Waals surface area contributed by atoms with Crippen molar-refractivity contribution in [3.63, 3.8) is 0 Å². The van der Waals surface area contributed by atoms with Crippen molar-refractivity contribution in [3.8, 4) is 0 Å². The van der Waals surface area contributed by atoms with Crippen LogP contribution in [-0.2, 0) is 20.9 Å². The van der Waals surface area contributed by atoms with Crippen molar-refractivity contribution >= 4 is 23.6 Å². The van der Waals surface area contributed by atoms with Crippen LogP contribution in [0.4, 0.5) is 0 Å². The smallest absolute Gasteiger partial charge is 0.309 e. The molecule has 2 N–H and O–H groups in total. The van der Waals surface area contributed by atoms with E-state index >= 15 is 0 Å². The van der Waals surface area contributed by atoms with Crippen molar-refractivity contribution in [1.29, 1.82) is 0 Å². The first kappa shape index (κ1) is 19.2. The SMILES string of the molecule is O=C(NCc1ccccc1)C(=O)NCC1(N2CCOCC2)CCSCC1. The first-order chi connectivity index (χ1) is 12.7. The van der Waals surface area contributed by atoms with Crippen molar-refractivity contribution in [1.82, 2.24) is 15.5 Å². The third kappa shape index (κ3) is 4.99. The lowest BCUT2D eigenvalue weighted by atomic mass is 9.89. The number of nitrogens with zero attached hydrogens (tertiary/aromatic N) is 1. The Balaban J connectivity index is 1.52. The van der Waals surface area contributed by atoms with Gasteiger partial charge in [-0.25, -0.2) is 0 Å². The third-order valence-corrected chi connectivity index (χ3v) is 6.17. The number of carbonyl (C=O) groups excluding carboxylic acids is 2. The molecule has 0 spiro atoms. The molecule has 7 heteroatoms. The van der Waals surface area contributed by atoms with Crippen LogP contribution in [0, 0.1) is 0 Å². The van der Waals surface area contributed by atoms with Crippen molar-refractivity contribution in [3.05, 3.63) is 35.9 Å². The van der Waals surface area contributed by atoms with Crippen LogP contribution in [-0.4, -0.2) is 66.6 Å². The highest BCUT2D eigenvalue weighted by molar-refractivity contribution is 7.99. The molecule has 2 amide bonds. The average molecular weight is 378 g/mol. The minimum atomic E-state index is -0.573. The highest BCUT2D eigenvalue weighted by Gasteiger charge is 2.39. The molecule has 0 aromatic heterocycles. The Labute approximate surface area is 159 Å². The van der Waals surface area contributed by atoms with Crippen LogP contribution in [0.25, 0.3) is 0 Å². The number of hydrogen-bond acceptors (Lipinski definition) is 5. The minimum Gasteiger partial charge on any atom is -0.379 e. The maximum atomic E-state index is 12.3. The van der Waals surface area contributed by atoms with E-state index in [2.05, 4.69) is 15.5 Å². The van der Waals surface area contributed by atoms with Gasteiger partial charge in [-0.1, -0.05) is 30.3 Å². The predicted molar refractivity (Wildman–Crippen MR) is 103 cm³/mol. The summed E-state index contributed by atoms with van der Waals surface area (Å²) in [5.41, 5.74) is 0.924. The van der Waals surface area contributed by atoms with E-state index in [0.717, 1.165) is 56.2 Å². The first-order valence-electron chi connectivity index (χ1n) is 9.20. The molecule has 3 rings (SSSR count). The number of hydrogen-bond donors (Lipinski definition) is 2. The van der Waals surface area contributed by atoms with Gasteiger partial charge in [0.1, 0.15) is 0 Å². The van der Waals surface area contributed by atoms with Crippen LogP contribution in [0.15, 0.2) is 30.3 Å². The summed E-state index contributed by atoms with van der Waals surface area (Å²) in [6.45, 7) is 4.13. The fourth-order valence-corrected chi connectivity index (χ4v) is 4.83. The van der Waals surface area contributed by atoms with Crippen LogP contribution in [0.3, 0.4) is 0 Å². The summed E-state index contributed by atoms with van der Waals surface area (Å²) in [5, 5.41) is 5.57. The standard InChI is InChI=1S/C19H27N3O3S/c23-17(20-14-16-4-2-1-3-5-16)18(24)21-15-19(6-12-26-13-7-19)22-8-10-25-11-9-22/h1-5H,6-15H2,(H,20,23)(H,21,24). The zero-order valence-electron chi connectivity index (χ0n) is 15.0. The average Bonchev–Trinajstić information content (AvgIpc) is 2.72. The Kier molecular flexibility index (Phi) is 6.93. The van der Waals surface area contributed by atoms with Crippen LogP contribution in [0.2, 0.25) is 0 Å².